The van der Waals surface area contributed by atoms with Gasteiger partial charge in [0.2, 0.25) is 5.91 Å². The summed E-state index contributed by atoms with van der Waals surface area (Å²) in [5, 5.41) is 11.4. The number of carbonyl (C=O) groups excluding carboxylic acids is 1. The van der Waals surface area contributed by atoms with E-state index < -0.39 is 0 Å². The first-order valence-electron chi connectivity index (χ1n) is 10.6. The topological polar surface area (TPSA) is 104 Å². The van der Waals surface area contributed by atoms with Crippen LogP contribution in [0.25, 0.3) is 0 Å². The van der Waals surface area contributed by atoms with E-state index in [1.807, 2.05) is 44.2 Å². The zero-order chi connectivity index (χ0) is 21.8. The molecule has 1 aromatic carbocycles. The molecule has 1 aliphatic rings. The molecule has 4 rings (SSSR count). The van der Waals surface area contributed by atoms with Gasteiger partial charge in [0.15, 0.2) is 0 Å². The van der Waals surface area contributed by atoms with Crippen LogP contribution in [0.15, 0.2) is 39.6 Å². The van der Waals surface area contributed by atoms with Gasteiger partial charge in [0.25, 0.3) is 0 Å². The Morgan fingerprint density at radius 1 is 1.26 bits per heavy atom. The molecule has 1 atom stereocenters. The van der Waals surface area contributed by atoms with Crippen molar-refractivity contribution in [2.24, 2.45) is 5.92 Å². The fourth-order valence-electron chi connectivity index (χ4n) is 3.88. The first-order chi connectivity index (χ1) is 15.0. The van der Waals surface area contributed by atoms with Gasteiger partial charge in [0.1, 0.15) is 23.9 Å². The molecular formula is C22H27N5O4. The maximum Gasteiger partial charge on any atom is 0.346 e. The van der Waals surface area contributed by atoms with Crippen LogP contribution in [-0.2, 0) is 30.8 Å². The minimum Gasteiger partial charge on any atom is -0.492 e. The Hall–Kier alpha value is -3.36. The molecule has 1 N–H and O–H groups in total. The summed E-state index contributed by atoms with van der Waals surface area (Å²) in [6.07, 6.45) is 1.85. The van der Waals surface area contributed by atoms with Crippen molar-refractivity contribution < 1.29 is 14.1 Å². The van der Waals surface area contributed by atoms with E-state index in [1.165, 1.54) is 4.68 Å². The van der Waals surface area contributed by atoms with Crippen molar-refractivity contribution in [1.82, 2.24) is 24.8 Å². The van der Waals surface area contributed by atoms with Crippen molar-refractivity contribution in [1.29, 1.82) is 0 Å². The molecule has 0 fully saturated rings. The number of nitrogens with zero attached hydrogens (tertiary/aromatic N) is 4. The molecule has 0 saturated heterocycles. The lowest BCUT2D eigenvalue weighted by Gasteiger charge is -2.14. The molecule has 9 heteroatoms. The highest BCUT2D eigenvalue weighted by Gasteiger charge is 2.25. The van der Waals surface area contributed by atoms with Crippen LogP contribution in [0.2, 0.25) is 0 Å². The average molecular weight is 425 g/mol. The van der Waals surface area contributed by atoms with E-state index in [0.29, 0.717) is 45.5 Å². The van der Waals surface area contributed by atoms with Gasteiger partial charge >= 0.3 is 5.69 Å². The maximum atomic E-state index is 12.7. The van der Waals surface area contributed by atoms with Crippen LogP contribution in [0.5, 0.6) is 5.75 Å². The Balaban J connectivity index is 1.32. The summed E-state index contributed by atoms with van der Waals surface area (Å²) in [6, 6.07) is 9.49. The molecule has 164 valence electrons. The number of benzene rings is 1. The van der Waals surface area contributed by atoms with E-state index >= 15 is 0 Å². The lowest BCUT2D eigenvalue weighted by molar-refractivity contribution is -0.125. The largest absolute Gasteiger partial charge is 0.492 e. The highest BCUT2D eigenvalue weighted by molar-refractivity contribution is 5.78. The van der Waals surface area contributed by atoms with Gasteiger partial charge in [-0.25, -0.2) is 9.48 Å². The van der Waals surface area contributed by atoms with E-state index in [0.717, 1.165) is 28.6 Å². The fraction of sp³-hybridized carbons (Fsp3) is 0.455. The second kappa shape index (κ2) is 9.20. The molecule has 2 aromatic heterocycles. The van der Waals surface area contributed by atoms with Crippen molar-refractivity contribution in [3.63, 3.8) is 0 Å². The second-order valence-electron chi connectivity index (χ2n) is 7.78. The van der Waals surface area contributed by atoms with Crippen molar-refractivity contribution in [2.75, 3.05) is 6.61 Å². The molecule has 0 radical (unpaired) electrons. The van der Waals surface area contributed by atoms with Crippen LogP contribution in [0.3, 0.4) is 0 Å². The number of aromatic nitrogens is 4. The predicted octanol–water partition coefficient (Wildman–Crippen LogP) is 2.00. The van der Waals surface area contributed by atoms with Crippen LogP contribution < -0.4 is 15.7 Å². The molecule has 1 unspecified atom stereocenters. The first kappa shape index (κ1) is 20.9. The molecule has 3 aromatic rings. The third-order valence-corrected chi connectivity index (χ3v) is 5.72. The lowest BCUT2D eigenvalue weighted by atomic mass is 9.99. The number of amides is 1. The van der Waals surface area contributed by atoms with Gasteiger partial charge in [-0.1, -0.05) is 23.4 Å². The highest BCUT2D eigenvalue weighted by Crippen LogP contribution is 2.19. The molecular weight excluding hydrogens is 398 g/mol. The number of hydrogen-bond acceptors (Lipinski definition) is 6. The zero-order valence-electron chi connectivity index (χ0n) is 17.8. The third kappa shape index (κ3) is 4.70. The van der Waals surface area contributed by atoms with Crippen LogP contribution in [0.4, 0.5) is 0 Å². The van der Waals surface area contributed by atoms with E-state index in [-0.39, 0.29) is 17.5 Å². The Kier molecular flexibility index (Phi) is 6.20. The summed E-state index contributed by atoms with van der Waals surface area (Å²) >= 11 is 0. The Morgan fingerprint density at radius 3 is 2.81 bits per heavy atom. The highest BCUT2D eigenvalue weighted by atomic mass is 16.5. The lowest BCUT2D eigenvalue weighted by Crippen LogP contribution is -2.32. The van der Waals surface area contributed by atoms with E-state index in [9.17, 15) is 9.59 Å². The minimum atomic E-state index is -0.156. The van der Waals surface area contributed by atoms with Gasteiger partial charge in [-0.3, -0.25) is 9.36 Å². The van der Waals surface area contributed by atoms with Gasteiger partial charge in [-0.15, -0.1) is 0 Å². The molecule has 9 nitrogen and oxygen atoms in total. The number of ether oxygens (including phenoxy) is 1. The second-order valence-corrected chi connectivity index (χ2v) is 7.78. The molecule has 0 spiro atoms. The number of carbonyl (C=O) groups is 1. The zero-order valence-corrected chi connectivity index (χ0v) is 17.8. The monoisotopic (exact) mass is 425 g/mol. The number of hydrogen-bond donors (Lipinski definition) is 1. The van der Waals surface area contributed by atoms with Crippen molar-refractivity contribution in [3.05, 3.63) is 63.7 Å². The summed E-state index contributed by atoms with van der Waals surface area (Å²) in [7, 11) is 0. The Bertz CT molecular complexity index is 1080. The normalized spacial score (nSPS) is 15.9. The van der Waals surface area contributed by atoms with Crippen LogP contribution in [0, 0.1) is 19.8 Å². The molecule has 1 aliphatic heterocycles. The molecule has 0 bridgehead atoms. The van der Waals surface area contributed by atoms with Crippen molar-refractivity contribution in [3.8, 4) is 5.75 Å². The Morgan fingerprint density at radius 2 is 2.06 bits per heavy atom. The van der Waals surface area contributed by atoms with E-state index in [2.05, 4.69) is 15.6 Å². The van der Waals surface area contributed by atoms with Gasteiger partial charge < -0.3 is 14.6 Å². The van der Waals surface area contributed by atoms with Gasteiger partial charge in [0.05, 0.1) is 12.2 Å². The molecule has 0 saturated carbocycles. The fourth-order valence-corrected chi connectivity index (χ4v) is 3.88. The number of para-hydroxylation sites is 1. The average Bonchev–Trinajstić information content (AvgIpc) is 3.15. The predicted molar refractivity (Wildman–Crippen MR) is 113 cm³/mol. The van der Waals surface area contributed by atoms with Crippen molar-refractivity contribution >= 4 is 5.91 Å². The smallest absolute Gasteiger partial charge is 0.346 e. The number of fused-ring (bicyclic) bond motifs is 1. The van der Waals surface area contributed by atoms with Crippen molar-refractivity contribution in [2.45, 2.75) is 52.7 Å². The summed E-state index contributed by atoms with van der Waals surface area (Å²) < 4.78 is 14.0. The third-order valence-electron chi connectivity index (χ3n) is 5.72. The summed E-state index contributed by atoms with van der Waals surface area (Å²) in [5.41, 5.74) is 1.55. The molecule has 0 aliphatic carbocycles. The molecule has 31 heavy (non-hydrogen) atoms. The van der Waals surface area contributed by atoms with Gasteiger partial charge in [-0.05, 0) is 38.8 Å². The quantitative estimate of drug-likeness (QED) is 0.621. The summed E-state index contributed by atoms with van der Waals surface area (Å²) in [6.45, 7) is 5.33. The summed E-state index contributed by atoms with van der Waals surface area (Å²) in [4.78, 5) is 25.4. The van der Waals surface area contributed by atoms with E-state index in [1.54, 1.807) is 4.57 Å². The standard InChI is InChI=1S/C22H27N5O4/c1-15-19(16(2)31-25-15)14-23-21(28)17-8-9-20-24-27(22(29)26(20)11-10-17)12-13-30-18-6-4-3-5-7-18/h3-7,17H,8-14H2,1-2H3,(H,23,28). The van der Waals surface area contributed by atoms with Gasteiger partial charge in [-0.2, -0.15) is 5.10 Å². The van der Waals surface area contributed by atoms with Crippen LogP contribution in [0.1, 0.15) is 35.7 Å². The number of nitrogens with one attached hydrogen (secondary N) is 1. The van der Waals surface area contributed by atoms with Gasteiger partial charge in [0, 0.05) is 31.0 Å². The molecule has 1 amide bonds. The number of aryl methyl sites for hydroxylation is 3. The van der Waals surface area contributed by atoms with Crippen LogP contribution in [-0.4, -0.2) is 32.0 Å². The Labute approximate surface area is 180 Å². The van der Waals surface area contributed by atoms with E-state index in [4.69, 9.17) is 9.26 Å². The SMILES string of the molecule is Cc1noc(C)c1CNC(=O)C1CCc2nn(CCOc3ccccc3)c(=O)n2CC1. The minimum absolute atomic E-state index is 0.0117. The molecule has 3 heterocycles. The summed E-state index contributed by atoms with van der Waals surface area (Å²) in [5.74, 6) is 2.04. The first-order valence-corrected chi connectivity index (χ1v) is 10.6. The van der Waals surface area contributed by atoms with Crippen LogP contribution >= 0.6 is 0 Å². The number of rotatable bonds is 7. The maximum absolute atomic E-state index is 12.7.